The SMILES string of the molecule is COc1ccc2nc(NC(=O)[C@H]3C[C@@H]3c3ccccn3)sc2c1. The van der Waals surface area contributed by atoms with Crippen molar-refractivity contribution < 1.29 is 9.53 Å². The smallest absolute Gasteiger partial charge is 0.229 e. The molecule has 1 saturated carbocycles. The Morgan fingerprint density at radius 2 is 2.26 bits per heavy atom. The fraction of sp³-hybridized carbons (Fsp3) is 0.235. The molecule has 0 unspecified atom stereocenters. The van der Waals surface area contributed by atoms with Gasteiger partial charge in [-0.05, 0) is 36.8 Å². The van der Waals surface area contributed by atoms with E-state index in [1.807, 2.05) is 36.4 Å². The molecule has 1 N–H and O–H groups in total. The van der Waals surface area contributed by atoms with Gasteiger partial charge in [-0.2, -0.15) is 0 Å². The summed E-state index contributed by atoms with van der Waals surface area (Å²) in [5.74, 6) is 1.03. The molecule has 2 atom stereocenters. The predicted octanol–water partition coefficient (Wildman–Crippen LogP) is 3.44. The molecule has 2 heterocycles. The number of hydrogen-bond acceptors (Lipinski definition) is 5. The Morgan fingerprint density at radius 1 is 1.35 bits per heavy atom. The highest BCUT2D eigenvalue weighted by molar-refractivity contribution is 7.22. The Balaban J connectivity index is 1.47. The zero-order chi connectivity index (χ0) is 15.8. The predicted molar refractivity (Wildman–Crippen MR) is 89.9 cm³/mol. The zero-order valence-corrected chi connectivity index (χ0v) is 13.3. The average molecular weight is 325 g/mol. The molecule has 6 heteroatoms. The first kappa shape index (κ1) is 14.1. The lowest BCUT2D eigenvalue weighted by Gasteiger charge is -2.00. The number of aromatic nitrogens is 2. The van der Waals surface area contributed by atoms with E-state index in [1.165, 1.54) is 11.3 Å². The largest absolute Gasteiger partial charge is 0.497 e. The first-order valence-corrected chi connectivity index (χ1v) is 8.22. The zero-order valence-electron chi connectivity index (χ0n) is 12.5. The van der Waals surface area contributed by atoms with E-state index in [2.05, 4.69) is 15.3 Å². The molecule has 0 saturated heterocycles. The molecule has 2 aromatic heterocycles. The summed E-state index contributed by atoms with van der Waals surface area (Å²) in [7, 11) is 1.63. The summed E-state index contributed by atoms with van der Waals surface area (Å²) in [4.78, 5) is 21.1. The van der Waals surface area contributed by atoms with Crippen LogP contribution in [0.2, 0.25) is 0 Å². The number of benzene rings is 1. The van der Waals surface area contributed by atoms with Crippen molar-refractivity contribution in [3.63, 3.8) is 0 Å². The number of fused-ring (bicyclic) bond motifs is 1. The quantitative estimate of drug-likeness (QED) is 0.798. The van der Waals surface area contributed by atoms with E-state index < -0.39 is 0 Å². The van der Waals surface area contributed by atoms with Crippen molar-refractivity contribution in [2.24, 2.45) is 5.92 Å². The molecule has 1 amide bonds. The minimum atomic E-state index is -0.00792. The minimum absolute atomic E-state index is 0.00792. The highest BCUT2D eigenvalue weighted by Gasteiger charge is 2.45. The van der Waals surface area contributed by atoms with Crippen molar-refractivity contribution in [1.29, 1.82) is 0 Å². The lowest BCUT2D eigenvalue weighted by Crippen LogP contribution is -2.14. The normalized spacial score (nSPS) is 19.5. The van der Waals surface area contributed by atoms with Crippen molar-refractivity contribution in [3.05, 3.63) is 48.3 Å². The molecular weight excluding hydrogens is 310 g/mol. The van der Waals surface area contributed by atoms with Gasteiger partial charge >= 0.3 is 0 Å². The third kappa shape index (κ3) is 2.77. The first-order chi connectivity index (χ1) is 11.2. The molecule has 23 heavy (non-hydrogen) atoms. The molecule has 0 bridgehead atoms. The molecular formula is C17H15N3O2S. The van der Waals surface area contributed by atoms with Crippen LogP contribution in [0.4, 0.5) is 5.13 Å². The highest BCUT2D eigenvalue weighted by Crippen LogP contribution is 2.47. The van der Waals surface area contributed by atoms with Crippen molar-refractivity contribution in [1.82, 2.24) is 9.97 Å². The van der Waals surface area contributed by atoms with Crippen LogP contribution in [0.25, 0.3) is 10.2 Å². The van der Waals surface area contributed by atoms with E-state index in [0.29, 0.717) is 5.13 Å². The fourth-order valence-electron chi connectivity index (χ4n) is 2.69. The Morgan fingerprint density at radius 3 is 3.04 bits per heavy atom. The van der Waals surface area contributed by atoms with Crippen LogP contribution >= 0.6 is 11.3 Å². The fourth-order valence-corrected chi connectivity index (χ4v) is 3.59. The number of thiazole rings is 1. The number of nitrogens with zero attached hydrogens (tertiary/aromatic N) is 2. The third-order valence-corrected chi connectivity index (χ3v) is 4.95. The van der Waals surface area contributed by atoms with Crippen LogP contribution in [0, 0.1) is 5.92 Å². The molecule has 0 spiro atoms. The van der Waals surface area contributed by atoms with Gasteiger partial charge in [-0.3, -0.25) is 9.78 Å². The Bertz CT molecular complexity index is 863. The van der Waals surface area contributed by atoms with Crippen LogP contribution in [-0.2, 0) is 4.79 Å². The summed E-state index contributed by atoms with van der Waals surface area (Å²) in [5, 5.41) is 3.56. The van der Waals surface area contributed by atoms with Gasteiger partial charge in [0, 0.05) is 23.7 Å². The Kier molecular flexibility index (Phi) is 3.46. The molecule has 1 aliphatic carbocycles. The van der Waals surface area contributed by atoms with E-state index in [4.69, 9.17) is 4.74 Å². The van der Waals surface area contributed by atoms with Gasteiger partial charge in [0.05, 0.1) is 17.3 Å². The number of hydrogen-bond donors (Lipinski definition) is 1. The van der Waals surface area contributed by atoms with E-state index in [9.17, 15) is 4.79 Å². The second-order valence-corrected chi connectivity index (χ2v) is 6.58. The van der Waals surface area contributed by atoms with Crippen molar-refractivity contribution in [3.8, 4) is 5.75 Å². The standard InChI is InChI=1S/C17H15N3O2S/c1-22-10-5-6-14-15(8-10)23-17(19-14)20-16(21)12-9-11(12)13-4-2-3-7-18-13/h2-8,11-12H,9H2,1H3,(H,19,20,21)/t11-,12-/m0/s1. The summed E-state index contributed by atoms with van der Waals surface area (Å²) in [6.45, 7) is 0. The summed E-state index contributed by atoms with van der Waals surface area (Å²) in [6.07, 6.45) is 2.62. The number of carbonyl (C=O) groups excluding carboxylic acids is 1. The van der Waals surface area contributed by atoms with E-state index >= 15 is 0 Å². The second-order valence-electron chi connectivity index (χ2n) is 5.55. The highest BCUT2D eigenvalue weighted by atomic mass is 32.1. The monoisotopic (exact) mass is 325 g/mol. The number of rotatable bonds is 4. The van der Waals surface area contributed by atoms with Crippen LogP contribution < -0.4 is 10.1 Å². The molecule has 116 valence electrons. The maximum Gasteiger partial charge on any atom is 0.229 e. The third-order valence-electron chi connectivity index (χ3n) is 4.02. The number of ether oxygens (including phenoxy) is 1. The van der Waals surface area contributed by atoms with Gasteiger partial charge in [0.2, 0.25) is 5.91 Å². The first-order valence-electron chi connectivity index (χ1n) is 7.41. The molecule has 1 aromatic carbocycles. The van der Waals surface area contributed by atoms with Crippen LogP contribution in [0.3, 0.4) is 0 Å². The van der Waals surface area contributed by atoms with Gasteiger partial charge in [-0.15, -0.1) is 0 Å². The van der Waals surface area contributed by atoms with Gasteiger partial charge in [-0.25, -0.2) is 4.98 Å². The maximum absolute atomic E-state index is 12.4. The number of amides is 1. The molecule has 0 aliphatic heterocycles. The molecule has 1 aliphatic rings. The summed E-state index contributed by atoms with van der Waals surface area (Å²) in [5.41, 5.74) is 1.85. The Labute approximate surface area is 137 Å². The van der Waals surface area contributed by atoms with Crippen LogP contribution in [0.5, 0.6) is 5.75 Å². The molecule has 5 nitrogen and oxygen atoms in total. The topological polar surface area (TPSA) is 64.1 Å². The lowest BCUT2D eigenvalue weighted by molar-refractivity contribution is -0.117. The van der Waals surface area contributed by atoms with Crippen LogP contribution in [0.15, 0.2) is 42.6 Å². The molecule has 4 rings (SSSR count). The molecule has 1 fully saturated rings. The Hall–Kier alpha value is -2.47. The number of anilines is 1. The van der Waals surface area contributed by atoms with Gasteiger partial charge in [0.1, 0.15) is 5.75 Å². The summed E-state index contributed by atoms with van der Waals surface area (Å²) >= 11 is 1.46. The molecule has 0 radical (unpaired) electrons. The number of methoxy groups -OCH3 is 1. The number of pyridine rings is 1. The minimum Gasteiger partial charge on any atom is -0.497 e. The van der Waals surface area contributed by atoms with Gasteiger partial charge < -0.3 is 10.1 Å². The molecule has 3 aromatic rings. The van der Waals surface area contributed by atoms with E-state index in [1.54, 1.807) is 13.3 Å². The summed E-state index contributed by atoms with van der Waals surface area (Å²) in [6, 6.07) is 11.5. The van der Waals surface area contributed by atoms with Gasteiger partial charge in [0.25, 0.3) is 0 Å². The lowest BCUT2D eigenvalue weighted by atomic mass is 10.2. The second kappa shape index (κ2) is 5.62. The average Bonchev–Trinajstić information content (AvgIpc) is 3.29. The van der Waals surface area contributed by atoms with Gasteiger partial charge in [-0.1, -0.05) is 17.4 Å². The van der Waals surface area contributed by atoms with E-state index in [-0.39, 0.29) is 17.7 Å². The van der Waals surface area contributed by atoms with Crippen molar-refractivity contribution in [2.45, 2.75) is 12.3 Å². The van der Waals surface area contributed by atoms with Crippen LogP contribution in [0.1, 0.15) is 18.0 Å². The van der Waals surface area contributed by atoms with Crippen molar-refractivity contribution in [2.75, 3.05) is 12.4 Å². The van der Waals surface area contributed by atoms with Crippen LogP contribution in [-0.4, -0.2) is 23.0 Å². The number of carbonyl (C=O) groups is 1. The number of nitrogens with one attached hydrogen (secondary N) is 1. The maximum atomic E-state index is 12.4. The van der Waals surface area contributed by atoms with Crippen molar-refractivity contribution >= 4 is 32.6 Å². The van der Waals surface area contributed by atoms with E-state index in [0.717, 1.165) is 28.1 Å². The van der Waals surface area contributed by atoms with Gasteiger partial charge in [0.15, 0.2) is 5.13 Å². The summed E-state index contributed by atoms with van der Waals surface area (Å²) < 4.78 is 6.21.